The summed E-state index contributed by atoms with van der Waals surface area (Å²) in [6.45, 7) is 1.53. The highest BCUT2D eigenvalue weighted by molar-refractivity contribution is 5.73. The topological polar surface area (TPSA) is 149 Å². The maximum Gasteiger partial charge on any atom is 0.335 e. The van der Waals surface area contributed by atoms with Crippen molar-refractivity contribution in [2.24, 2.45) is 0 Å². The number of benzene rings is 1. The number of aliphatic hydroxyl groups excluding tert-OH is 4. The Morgan fingerprint density at radius 1 is 1.19 bits per heavy atom. The summed E-state index contributed by atoms with van der Waals surface area (Å²) < 4.78 is 17.4. The van der Waals surface area contributed by atoms with Crippen LogP contribution in [0.3, 0.4) is 0 Å². The zero-order chi connectivity index (χ0) is 22.8. The maximum atomic E-state index is 11.4. The summed E-state index contributed by atoms with van der Waals surface area (Å²) >= 11 is 0. The molecule has 3 aliphatic heterocycles. The van der Waals surface area contributed by atoms with Gasteiger partial charge in [0.05, 0.1) is 11.5 Å². The van der Waals surface area contributed by atoms with Gasteiger partial charge in [-0.25, -0.2) is 4.79 Å². The Morgan fingerprint density at radius 2 is 1.97 bits per heavy atom. The number of aliphatic carboxylic acids is 1. The molecular weight excluding hydrogens is 422 g/mol. The Hall–Kier alpha value is -2.21. The van der Waals surface area contributed by atoms with E-state index in [2.05, 4.69) is 4.90 Å². The molecule has 4 aliphatic rings. The Balaban J connectivity index is 1.53. The average Bonchev–Trinajstić information content (AvgIpc) is 3.01. The van der Waals surface area contributed by atoms with Crippen LogP contribution in [0.25, 0.3) is 0 Å². The highest BCUT2D eigenvalue weighted by Gasteiger charge is 2.53. The lowest BCUT2D eigenvalue weighted by molar-refractivity contribution is -0.271. The van der Waals surface area contributed by atoms with Crippen molar-refractivity contribution >= 4 is 5.97 Å². The molecule has 0 aromatic heterocycles. The summed E-state index contributed by atoms with van der Waals surface area (Å²) in [5.41, 5.74) is 1.58. The SMILES string of the molecule is CN1CC[C@@]23C=C[C@H](O)C[C@@H]2Oc2c(O[C@@H]4O[C@H](C(=O)O)[C@@H](O)[C@H](O)[C@H]4O)ccc(c23)C1. The lowest BCUT2D eigenvalue weighted by atomic mass is 9.69. The van der Waals surface area contributed by atoms with Gasteiger partial charge in [0.15, 0.2) is 17.6 Å². The Bertz CT molecular complexity index is 952. The molecule has 1 fully saturated rings. The standard InChI is InChI=1S/C22H27NO9/c1-23-7-6-22-5-4-11(24)8-13(22)31-18-12(3-2-10(9-23)14(18)22)30-21-17(27)15(25)16(26)19(32-21)20(28)29/h2-5,11,13,15-17,19,21,24-27H,6-9H2,1H3,(H,28,29)/t11-,13-,15-,16-,17+,19-,21+,22-/m0/s1. The molecule has 3 heterocycles. The van der Waals surface area contributed by atoms with Gasteiger partial charge in [0.1, 0.15) is 24.4 Å². The van der Waals surface area contributed by atoms with Crippen molar-refractivity contribution in [1.29, 1.82) is 0 Å². The lowest BCUT2D eigenvalue weighted by Crippen LogP contribution is -2.61. The van der Waals surface area contributed by atoms with Crippen molar-refractivity contribution in [2.75, 3.05) is 13.6 Å². The Morgan fingerprint density at radius 3 is 2.72 bits per heavy atom. The number of hydrogen-bond donors (Lipinski definition) is 5. The third-order valence-corrected chi connectivity index (χ3v) is 6.98. The molecule has 32 heavy (non-hydrogen) atoms. The fourth-order valence-corrected chi connectivity index (χ4v) is 5.28. The van der Waals surface area contributed by atoms with E-state index in [1.807, 2.05) is 19.2 Å². The highest BCUT2D eigenvalue weighted by atomic mass is 16.7. The first kappa shape index (κ1) is 21.6. The van der Waals surface area contributed by atoms with Crippen molar-refractivity contribution in [3.63, 3.8) is 0 Å². The molecule has 0 unspecified atom stereocenters. The molecule has 1 saturated heterocycles. The largest absolute Gasteiger partial charge is 0.485 e. The number of carboxylic acids is 1. The average molecular weight is 449 g/mol. The smallest absolute Gasteiger partial charge is 0.335 e. The van der Waals surface area contributed by atoms with Gasteiger partial charge in [-0.1, -0.05) is 18.2 Å². The molecule has 1 spiro atoms. The van der Waals surface area contributed by atoms with Crippen LogP contribution in [0.4, 0.5) is 0 Å². The second-order valence-corrected chi connectivity index (χ2v) is 9.08. The van der Waals surface area contributed by atoms with E-state index in [1.54, 1.807) is 12.1 Å². The molecule has 10 nitrogen and oxygen atoms in total. The van der Waals surface area contributed by atoms with Crippen LogP contribution < -0.4 is 9.47 Å². The summed E-state index contributed by atoms with van der Waals surface area (Å²) in [5, 5.41) is 49.9. The van der Waals surface area contributed by atoms with Crippen LogP contribution in [0.15, 0.2) is 24.3 Å². The second kappa shape index (κ2) is 7.68. The second-order valence-electron chi connectivity index (χ2n) is 9.08. The van der Waals surface area contributed by atoms with Crippen LogP contribution in [-0.4, -0.2) is 92.9 Å². The van der Waals surface area contributed by atoms with E-state index in [-0.39, 0.29) is 11.9 Å². The van der Waals surface area contributed by atoms with E-state index in [4.69, 9.17) is 14.2 Å². The molecule has 0 radical (unpaired) electrons. The van der Waals surface area contributed by atoms with E-state index < -0.39 is 48.2 Å². The van der Waals surface area contributed by atoms with Crippen molar-refractivity contribution in [3.8, 4) is 11.5 Å². The first-order valence-corrected chi connectivity index (χ1v) is 10.7. The third kappa shape index (κ3) is 3.21. The number of rotatable bonds is 3. The zero-order valence-corrected chi connectivity index (χ0v) is 17.5. The van der Waals surface area contributed by atoms with Gasteiger partial charge >= 0.3 is 5.97 Å². The molecule has 174 valence electrons. The van der Waals surface area contributed by atoms with Crippen molar-refractivity contribution in [2.45, 2.75) is 67.7 Å². The fraction of sp³-hybridized carbons (Fsp3) is 0.591. The monoisotopic (exact) mass is 449 g/mol. The Kier molecular flexibility index (Phi) is 5.19. The molecule has 8 atom stereocenters. The van der Waals surface area contributed by atoms with Crippen molar-refractivity contribution < 1.29 is 44.5 Å². The van der Waals surface area contributed by atoms with Gasteiger partial charge in [0.25, 0.3) is 0 Å². The van der Waals surface area contributed by atoms with Gasteiger partial charge in [0, 0.05) is 18.5 Å². The molecule has 5 rings (SSSR count). The molecule has 1 aromatic carbocycles. The summed E-state index contributed by atoms with van der Waals surface area (Å²) in [7, 11) is 2.04. The summed E-state index contributed by atoms with van der Waals surface area (Å²) in [5.74, 6) is -0.779. The van der Waals surface area contributed by atoms with E-state index in [1.165, 1.54) is 0 Å². The van der Waals surface area contributed by atoms with Gasteiger partial charge in [-0.3, -0.25) is 0 Å². The van der Waals surface area contributed by atoms with Crippen LogP contribution in [-0.2, 0) is 21.5 Å². The highest BCUT2D eigenvalue weighted by Crippen LogP contribution is 2.56. The van der Waals surface area contributed by atoms with Gasteiger partial charge in [-0.05, 0) is 31.6 Å². The normalized spacial score (nSPS) is 40.7. The van der Waals surface area contributed by atoms with Crippen LogP contribution >= 0.6 is 0 Å². The predicted octanol–water partition coefficient (Wildman–Crippen LogP) is -0.887. The van der Waals surface area contributed by atoms with Crippen LogP contribution in [0, 0.1) is 0 Å². The number of hydrogen-bond acceptors (Lipinski definition) is 9. The number of aliphatic hydroxyl groups is 4. The molecule has 0 amide bonds. The molecule has 5 N–H and O–H groups in total. The van der Waals surface area contributed by atoms with Crippen LogP contribution in [0.2, 0.25) is 0 Å². The van der Waals surface area contributed by atoms with Gasteiger partial charge in [-0.2, -0.15) is 0 Å². The number of nitrogens with zero attached hydrogens (tertiary/aromatic N) is 1. The van der Waals surface area contributed by atoms with E-state index >= 15 is 0 Å². The van der Waals surface area contributed by atoms with Crippen molar-refractivity contribution in [1.82, 2.24) is 4.90 Å². The summed E-state index contributed by atoms with van der Waals surface area (Å²) in [4.78, 5) is 13.6. The van der Waals surface area contributed by atoms with E-state index in [0.29, 0.717) is 18.7 Å². The predicted molar refractivity (Wildman–Crippen MR) is 108 cm³/mol. The molecule has 10 heteroatoms. The maximum absolute atomic E-state index is 11.4. The first-order valence-electron chi connectivity index (χ1n) is 10.7. The van der Waals surface area contributed by atoms with Crippen LogP contribution in [0.5, 0.6) is 11.5 Å². The van der Waals surface area contributed by atoms with Gasteiger partial charge < -0.3 is 44.6 Å². The summed E-state index contributed by atoms with van der Waals surface area (Å²) in [6, 6.07) is 3.57. The minimum atomic E-state index is -1.80. The molecule has 1 aliphatic carbocycles. The lowest BCUT2D eigenvalue weighted by Gasteiger charge is -2.38. The minimum absolute atomic E-state index is 0.238. The van der Waals surface area contributed by atoms with Gasteiger partial charge in [-0.15, -0.1) is 0 Å². The van der Waals surface area contributed by atoms with Gasteiger partial charge in [0.2, 0.25) is 6.29 Å². The minimum Gasteiger partial charge on any atom is -0.485 e. The van der Waals surface area contributed by atoms with Crippen LogP contribution in [0.1, 0.15) is 24.0 Å². The molecule has 1 aromatic rings. The number of ether oxygens (including phenoxy) is 3. The molecular formula is C22H27NO9. The number of carbonyl (C=O) groups is 1. The molecule has 0 bridgehead atoms. The van der Waals surface area contributed by atoms with E-state index in [0.717, 1.165) is 24.1 Å². The van der Waals surface area contributed by atoms with E-state index in [9.17, 15) is 30.3 Å². The molecule has 0 saturated carbocycles. The summed E-state index contributed by atoms with van der Waals surface area (Å²) in [6.07, 6.45) is -4.42. The quantitative estimate of drug-likeness (QED) is 0.368. The fourth-order valence-electron chi connectivity index (χ4n) is 5.28. The zero-order valence-electron chi connectivity index (χ0n) is 17.5. The third-order valence-electron chi connectivity index (χ3n) is 6.98. The Labute approximate surface area is 184 Å². The van der Waals surface area contributed by atoms with Crippen molar-refractivity contribution in [3.05, 3.63) is 35.4 Å². The first-order chi connectivity index (χ1) is 15.2. The number of carboxylic acid groups (broad SMARTS) is 1.